The Bertz CT molecular complexity index is 783. The minimum atomic E-state index is -0.599. The predicted molar refractivity (Wildman–Crippen MR) is 101 cm³/mol. The minimum Gasteiger partial charge on any atom is -0.452 e. The zero-order chi connectivity index (χ0) is 19.1. The smallest absolute Gasteiger partial charge is 0.338 e. The van der Waals surface area contributed by atoms with Crippen molar-refractivity contribution in [2.24, 2.45) is 0 Å². The molecule has 1 atom stereocenters. The molecular formula is C19H20N2O5S. The molecule has 2 heterocycles. The van der Waals surface area contributed by atoms with Crippen LogP contribution in [0.4, 0.5) is 5.69 Å². The van der Waals surface area contributed by atoms with Crippen molar-refractivity contribution in [2.75, 3.05) is 25.1 Å². The molecule has 0 saturated carbocycles. The summed E-state index contributed by atoms with van der Waals surface area (Å²) in [4.78, 5) is 36.3. The number of benzene rings is 1. The number of amides is 2. The van der Waals surface area contributed by atoms with Crippen LogP contribution in [0, 0.1) is 0 Å². The summed E-state index contributed by atoms with van der Waals surface area (Å²) in [6.45, 7) is 0.802. The maximum absolute atomic E-state index is 12.0. The molecule has 1 aromatic heterocycles. The Labute approximate surface area is 160 Å². The third kappa shape index (κ3) is 5.63. The molecule has 27 heavy (non-hydrogen) atoms. The van der Waals surface area contributed by atoms with Crippen LogP contribution in [0.5, 0.6) is 0 Å². The van der Waals surface area contributed by atoms with Gasteiger partial charge in [-0.1, -0.05) is 6.07 Å². The number of hydrogen-bond donors (Lipinski definition) is 2. The Kier molecular flexibility index (Phi) is 6.56. The Morgan fingerprint density at radius 1 is 1.19 bits per heavy atom. The first kappa shape index (κ1) is 19.1. The fourth-order valence-electron chi connectivity index (χ4n) is 2.59. The van der Waals surface area contributed by atoms with Gasteiger partial charge in [0.05, 0.1) is 16.5 Å². The second-order valence-electron chi connectivity index (χ2n) is 6.02. The van der Waals surface area contributed by atoms with Gasteiger partial charge in [-0.25, -0.2) is 4.79 Å². The largest absolute Gasteiger partial charge is 0.452 e. The lowest BCUT2D eigenvalue weighted by Crippen LogP contribution is -2.34. The molecular weight excluding hydrogens is 368 g/mol. The second kappa shape index (κ2) is 9.29. The average Bonchev–Trinajstić information content (AvgIpc) is 3.39. The van der Waals surface area contributed by atoms with E-state index in [1.54, 1.807) is 24.3 Å². The molecule has 1 aliphatic rings. The highest BCUT2D eigenvalue weighted by molar-refractivity contribution is 7.12. The molecule has 1 aromatic carbocycles. The van der Waals surface area contributed by atoms with Crippen molar-refractivity contribution in [1.29, 1.82) is 0 Å². The third-order valence-electron chi connectivity index (χ3n) is 4.01. The highest BCUT2D eigenvalue weighted by Gasteiger charge is 2.17. The summed E-state index contributed by atoms with van der Waals surface area (Å²) < 4.78 is 10.4. The number of carbonyl (C=O) groups is 3. The molecule has 2 amide bonds. The van der Waals surface area contributed by atoms with E-state index in [0.29, 0.717) is 22.7 Å². The van der Waals surface area contributed by atoms with Crippen LogP contribution in [0.25, 0.3) is 0 Å². The van der Waals surface area contributed by atoms with Crippen molar-refractivity contribution in [1.82, 2.24) is 5.32 Å². The SMILES string of the molecule is O=C(COC(=O)c1ccc(NC(=O)c2cccs2)cc1)NC[C@H]1CCCO1. The van der Waals surface area contributed by atoms with Crippen LogP contribution in [0.3, 0.4) is 0 Å². The van der Waals surface area contributed by atoms with Crippen molar-refractivity contribution in [2.45, 2.75) is 18.9 Å². The number of anilines is 1. The highest BCUT2D eigenvalue weighted by Crippen LogP contribution is 2.15. The van der Waals surface area contributed by atoms with Crippen LogP contribution in [0.15, 0.2) is 41.8 Å². The number of thiophene rings is 1. The van der Waals surface area contributed by atoms with E-state index < -0.39 is 5.97 Å². The van der Waals surface area contributed by atoms with E-state index in [1.807, 2.05) is 5.38 Å². The zero-order valence-corrected chi connectivity index (χ0v) is 15.4. The van der Waals surface area contributed by atoms with Crippen LogP contribution >= 0.6 is 11.3 Å². The number of rotatable bonds is 7. The third-order valence-corrected chi connectivity index (χ3v) is 4.88. The molecule has 0 unspecified atom stereocenters. The molecule has 2 aromatic rings. The van der Waals surface area contributed by atoms with Crippen LogP contribution < -0.4 is 10.6 Å². The predicted octanol–water partition coefficient (Wildman–Crippen LogP) is 2.45. The summed E-state index contributed by atoms with van der Waals surface area (Å²) in [5, 5.41) is 7.26. The summed E-state index contributed by atoms with van der Waals surface area (Å²) in [5.41, 5.74) is 0.871. The van der Waals surface area contributed by atoms with E-state index >= 15 is 0 Å². The standard InChI is InChI=1S/C19H20N2O5S/c22-17(20-11-15-3-1-9-25-15)12-26-19(24)13-5-7-14(8-6-13)21-18(23)16-4-2-10-27-16/h2,4-8,10,15H,1,3,9,11-12H2,(H,20,22)(H,21,23)/t15-/m1/s1. The zero-order valence-electron chi connectivity index (χ0n) is 14.6. The van der Waals surface area contributed by atoms with E-state index in [9.17, 15) is 14.4 Å². The van der Waals surface area contributed by atoms with Crippen molar-refractivity contribution in [3.8, 4) is 0 Å². The molecule has 8 heteroatoms. The first-order chi connectivity index (χ1) is 13.1. The summed E-state index contributed by atoms with van der Waals surface area (Å²) in [6, 6.07) is 9.83. The topological polar surface area (TPSA) is 93.7 Å². The average molecular weight is 388 g/mol. The monoisotopic (exact) mass is 388 g/mol. The summed E-state index contributed by atoms with van der Waals surface area (Å²) in [6.07, 6.45) is 1.97. The Balaban J connectivity index is 1.43. The van der Waals surface area contributed by atoms with E-state index in [0.717, 1.165) is 19.4 Å². The number of hydrogen-bond acceptors (Lipinski definition) is 6. The molecule has 3 rings (SSSR count). The molecule has 0 radical (unpaired) electrons. The van der Waals surface area contributed by atoms with Crippen LogP contribution in [0.1, 0.15) is 32.9 Å². The van der Waals surface area contributed by atoms with Gasteiger partial charge in [0.15, 0.2) is 6.61 Å². The Morgan fingerprint density at radius 2 is 2.00 bits per heavy atom. The molecule has 0 bridgehead atoms. The highest BCUT2D eigenvalue weighted by atomic mass is 32.1. The lowest BCUT2D eigenvalue weighted by Gasteiger charge is -2.11. The van der Waals surface area contributed by atoms with E-state index in [-0.39, 0.29) is 24.5 Å². The van der Waals surface area contributed by atoms with Crippen LogP contribution in [-0.4, -0.2) is 43.6 Å². The Hall–Kier alpha value is -2.71. The van der Waals surface area contributed by atoms with Gasteiger partial charge in [0, 0.05) is 18.8 Å². The van der Waals surface area contributed by atoms with Crippen LogP contribution in [0.2, 0.25) is 0 Å². The number of esters is 1. The molecule has 1 fully saturated rings. The first-order valence-corrected chi connectivity index (χ1v) is 9.50. The number of carbonyl (C=O) groups excluding carboxylic acids is 3. The van der Waals surface area contributed by atoms with Crippen molar-refractivity contribution in [3.05, 3.63) is 52.2 Å². The molecule has 142 valence electrons. The van der Waals surface area contributed by atoms with Gasteiger partial charge in [-0.3, -0.25) is 9.59 Å². The maximum Gasteiger partial charge on any atom is 0.338 e. The van der Waals surface area contributed by atoms with Gasteiger partial charge >= 0.3 is 5.97 Å². The molecule has 0 spiro atoms. The number of nitrogens with one attached hydrogen (secondary N) is 2. The lowest BCUT2D eigenvalue weighted by atomic mass is 10.2. The van der Waals surface area contributed by atoms with Gasteiger partial charge < -0.3 is 20.1 Å². The molecule has 1 aliphatic heterocycles. The van der Waals surface area contributed by atoms with Gasteiger partial charge in [0.2, 0.25) is 0 Å². The Morgan fingerprint density at radius 3 is 2.67 bits per heavy atom. The van der Waals surface area contributed by atoms with Gasteiger partial charge in [-0.2, -0.15) is 0 Å². The van der Waals surface area contributed by atoms with Gasteiger partial charge in [0.25, 0.3) is 11.8 Å². The van der Waals surface area contributed by atoms with Crippen molar-refractivity contribution < 1.29 is 23.9 Å². The van der Waals surface area contributed by atoms with Crippen LogP contribution in [-0.2, 0) is 14.3 Å². The lowest BCUT2D eigenvalue weighted by molar-refractivity contribution is -0.124. The maximum atomic E-state index is 12.0. The fraction of sp³-hybridized carbons (Fsp3) is 0.316. The van der Waals surface area contributed by atoms with E-state index in [2.05, 4.69) is 10.6 Å². The second-order valence-corrected chi connectivity index (χ2v) is 6.97. The summed E-state index contributed by atoms with van der Waals surface area (Å²) in [5.74, 6) is -1.17. The van der Waals surface area contributed by atoms with Crippen molar-refractivity contribution >= 4 is 34.8 Å². The first-order valence-electron chi connectivity index (χ1n) is 8.62. The van der Waals surface area contributed by atoms with Crippen molar-refractivity contribution in [3.63, 3.8) is 0 Å². The minimum absolute atomic E-state index is 0.0431. The molecule has 7 nitrogen and oxygen atoms in total. The summed E-state index contributed by atoms with van der Waals surface area (Å²) >= 11 is 1.35. The van der Waals surface area contributed by atoms with Gasteiger partial charge in [-0.05, 0) is 48.6 Å². The quantitative estimate of drug-likeness (QED) is 0.711. The molecule has 2 N–H and O–H groups in total. The molecule has 0 aliphatic carbocycles. The summed E-state index contributed by atoms with van der Waals surface area (Å²) in [7, 11) is 0. The van der Waals surface area contributed by atoms with Gasteiger partial charge in [0.1, 0.15) is 0 Å². The van der Waals surface area contributed by atoms with Gasteiger partial charge in [-0.15, -0.1) is 11.3 Å². The number of ether oxygens (including phenoxy) is 2. The molecule has 1 saturated heterocycles. The fourth-order valence-corrected chi connectivity index (χ4v) is 3.21. The van der Waals surface area contributed by atoms with E-state index in [1.165, 1.54) is 23.5 Å². The van der Waals surface area contributed by atoms with E-state index in [4.69, 9.17) is 9.47 Å². The normalized spacial score (nSPS) is 15.9.